The molecule has 1 heterocycles. The van der Waals surface area contributed by atoms with Gasteiger partial charge in [-0.05, 0) is 31.2 Å². The fourth-order valence-corrected chi connectivity index (χ4v) is 2.43. The molecule has 0 saturated heterocycles. The van der Waals surface area contributed by atoms with Gasteiger partial charge in [0.15, 0.2) is 0 Å². The van der Waals surface area contributed by atoms with Crippen molar-refractivity contribution in [1.82, 2.24) is 0 Å². The van der Waals surface area contributed by atoms with E-state index in [0.29, 0.717) is 4.87 Å². The van der Waals surface area contributed by atoms with Crippen molar-refractivity contribution in [2.24, 2.45) is 4.99 Å². The molecule has 3 aromatic rings. The normalized spacial score (nSPS) is 12.2. The van der Waals surface area contributed by atoms with Gasteiger partial charge in [-0.25, -0.2) is 4.99 Å². The minimum absolute atomic E-state index is 0.690. The third kappa shape index (κ3) is 2.15. The Morgan fingerprint density at radius 2 is 1.76 bits per heavy atom. The fourth-order valence-electron chi connectivity index (χ4n) is 1.60. The minimum Gasteiger partial charge on any atom is -0.429 e. The molecule has 0 aliphatic carbocycles. The second kappa shape index (κ2) is 4.18. The van der Waals surface area contributed by atoms with Crippen LogP contribution in [-0.2, 0) is 0 Å². The molecule has 3 rings (SSSR count). The number of hydrogen-bond donors (Lipinski definition) is 0. The van der Waals surface area contributed by atoms with Crippen molar-refractivity contribution in [3.63, 3.8) is 0 Å². The van der Waals surface area contributed by atoms with Crippen LogP contribution in [0.3, 0.4) is 0 Å². The first kappa shape index (κ1) is 10.3. The Balaban J connectivity index is 2.11. The third-order valence-corrected chi connectivity index (χ3v) is 3.40. The van der Waals surface area contributed by atoms with E-state index in [1.807, 2.05) is 48.5 Å². The minimum atomic E-state index is 0.690. The lowest BCUT2D eigenvalue weighted by Crippen LogP contribution is -1.87. The van der Waals surface area contributed by atoms with Crippen LogP contribution in [-0.4, -0.2) is 0 Å². The van der Waals surface area contributed by atoms with E-state index in [-0.39, 0.29) is 0 Å². The van der Waals surface area contributed by atoms with Crippen molar-refractivity contribution in [2.45, 2.75) is 6.92 Å². The van der Waals surface area contributed by atoms with Crippen molar-refractivity contribution in [2.75, 3.05) is 0 Å². The Kier molecular flexibility index (Phi) is 2.53. The first-order chi connectivity index (χ1) is 8.31. The van der Waals surface area contributed by atoms with E-state index in [1.54, 1.807) is 11.3 Å². The van der Waals surface area contributed by atoms with Gasteiger partial charge in [0.1, 0.15) is 5.58 Å². The van der Waals surface area contributed by atoms with E-state index in [0.717, 1.165) is 16.0 Å². The Labute approximate surface area is 103 Å². The number of nitrogens with zero attached hydrogens (tertiary/aromatic N) is 1. The van der Waals surface area contributed by atoms with Gasteiger partial charge in [0, 0.05) is 0 Å². The van der Waals surface area contributed by atoms with Gasteiger partial charge in [0.2, 0.25) is 0 Å². The molecule has 0 unspecified atom stereocenters. The summed E-state index contributed by atoms with van der Waals surface area (Å²) in [7, 11) is 0. The Morgan fingerprint density at radius 3 is 2.53 bits per heavy atom. The van der Waals surface area contributed by atoms with Crippen LogP contribution in [0.4, 0.5) is 5.69 Å². The van der Waals surface area contributed by atoms with E-state index >= 15 is 0 Å². The molecule has 84 valence electrons. The predicted molar refractivity (Wildman–Crippen MR) is 70.5 cm³/mol. The predicted octanol–water partition coefficient (Wildman–Crippen LogP) is 4.04. The summed E-state index contributed by atoms with van der Waals surface area (Å²) in [5, 5.41) is 0. The standard InChI is InChI=1S/C14H11NOS/c1-10-6-8-11(9-7-10)15-14-16-12-4-2-3-5-13(12)17-14/h2-9H,1H3. The molecule has 17 heavy (non-hydrogen) atoms. The van der Waals surface area contributed by atoms with Crippen molar-refractivity contribution in [1.29, 1.82) is 0 Å². The third-order valence-electron chi connectivity index (χ3n) is 2.50. The van der Waals surface area contributed by atoms with Crippen LogP contribution in [0.5, 0.6) is 0 Å². The first-order valence-electron chi connectivity index (χ1n) is 5.41. The average Bonchev–Trinajstić information content (AvgIpc) is 2.74. The zero-order chi connectivity index (χ0) is 11.7. The molecule has 2 nitrogen and oxygen atoms in total. The van der Waals surface area contributed by atoms with E-state index in [2.05, 4.69) is 11.9 Å². The van der Waals surface area contributed by atoms with E-state index < -0.39 is 0 Å². The summed E-state index contributed by atoms with van der Waals surface area (Å²) < 4.78 is 6.78. The largest absolute Gasteiger partial charge is 0.429 e. The molecular formula is C14H11NOS. The Hall–Kier alpha value is -1.87. The molecule has 0 spiro atoms. The van der Waals surface area contributed by atoms with Gasteiger partial charge in [-0.1, -0.05) is 41.2 Å². The highest BCUT2D eigenvalue weighted by molar-refractivity contribution is 7.16. The molecule has 0 atom stereocenters. The van der Waals surface area contributed by atoms with Gasteiger partial charge in [-0.3, -0.25) is 0 Å². The average molecular weight is 241 g/mol. The van der Waals surface area contributed by atoms with Crippen LogP contribution in [0.2, 0.25) is 0 Å². The molecule has 1 aromatic heterocycles. The summed E-state index contributed by atoms with van der Waals surface area (Å²) in [4.78, 5) is 5.16. The van der Waals surface area contributed by atoms with Crippen LogP contribution in [0.15, 0.2) is 57.9 Å². The van der Waals surface area contributed by atoms with E-state index in [9.17, 15) is 0 Å². The van der Waals surface area contributed by atoms with Crippen molar-refractivity contribution in [3.8, 4) is 0 Å². The molecule has 0 bridgehead atoms. The smallest absolute Gasteiger partial charge is 0.279 e. The van der Waals surface area contributed by atoms with Gasteiger partial charge in [0.05, 0.1) is 10.4 Å². The maximum absolute atomic E-state index is 5.65. The highest BCUT2D eigenvalue weighted by Crippen LogP contribution is 2.17. The Morgan fingerprint density at radius 1 is 1.00 bits per heavy atom. The number of fused-ring (bicyclic) bond motifs is 1. The van der Waals surface area contributed by atoms with Crippen molar-refractivity contribution >= 4 is 27.3 Å². The van der Waals surface area contributed by atoms with Crippen LogP contribution in [0.1, 0.15) is 5.56 Å². The first-order valence-corrected chi connectivity index (χ1v) is 6.23. The second-order valence-electron chi connectivity index (χ2n) is 3.86. The summed E-state index contributed by atoms with van der Waals surface area (Å²) in [6.45, 7) is 2.06. The molecule has 0 fully saturated rings. The van der Waals surface area contributed by atoms with Gasteiger partial charge < -0.3 is 4.42 Å². The highest BCUT2D eigenvalue weighted by Gasteiger charge is 1.98. The monoisotopic (exact) mass is 241 g/mol. The molecule has 0 saturated carbocycles. The van der Waals surface area contributed by atoms with E-state index in [1.165, 1.54) is 5.56 Å². The molecular weight excluding hydrogens is 230 g/mol. The molecule has 3 heteroatoms. The molecule has 0 aliphatic heterocycles. The summed E-state index contributed by atoms with van der Waals surface area (Å²) in [5.41, 5.74) is 3.05. The van der Waals surface area contributed by atoms with Crippen LogP contribution >= 0.6 is 11.3 Å². The number of hydrogen-bond acceptors (Lipinski definition) is 3. The summed E-state index contributed by atoms with van der Waals surface area (Å²) >= 11 is 1.56. The number of para-hydroxylation sites is 1. The van der Waals surface area contributed by atoms with Crippen molar-refractivity contribution in [3.05, 3.63) is 59.0 Å². The van der Waals surface area contributed by atoms with Crippen LogP contribution in [0, 0.1) is 6.92 Å². The molecule has 0 aliphatic rings. The topological polar surface area (TPSA) is 25.5 Å². The Bertz CT molecular complexity index is 671. The summed E-state index contributed by atoms with van der Waals surface area (Å²) in [6, 6.07) is 16.1. The molecule has 0 N–H and O–H groups in total. The SMILES string of the molecule is Cc1ccc(N=c2oc3ccccc3s2)cc1. The van der Waals surface area contributed by atoms with Gasteiger partial charge in [-0.2, -0.15) is 0 Å². The highest BCUT2D eigenvalue weighted by atomic mass is 32.1. The zero-order valence-corrected chi connectivity index (χ0v) is 10.2. The number of aryl methyl sites for hydroxylation is 1. The van der Waals surface area contributed by atoms with Crippen LogP contribution in [0.25, 0.3) is 10.3 Å². The molecule has 0 radical (unpaired) electrons. The lowest BCUT2D eigenvalue weighted by atomic mass is 10.2. The maximum atomic E-state index is 5.65. The molecule has 2 aromatic carbocycles. The van der Waals surface area contributed by atoms with Gasteiger partial charge >= 0.3 is 0 Å². The fraction of sp³-hybridized carbons (Fsp3) is 0.0714. The summed E-state index contributed by atoms with van der Waals surface area (Å²) in [6.07, 6.45) is 0. The lowest BCUT2D eigenvalue weighted by molar-refractivity contribution is 0.570. The number of benzene rings is 2. The quantitative estimate of drug-likeness (QED) is 0.631. The second-order valence-corrected chi connectivity index (χ2v) is 4.86. The van der Waals surface area contributed by atoms with E-state index in [4.69, 9.17) is 4.42 Å². The lowest BCUT2D eigenvalue weighted by Gasteiger charge is -1.91. The summed E-state index contributed by atoms with van der Waals surface area (Å²) in [5.74, 6) is 0. The van der Waals surface area contributed by atoms with Crippen molar-refractivity contribution < 1.29 is 4.42 Å². The van der Waals surface area contributed by atoms with Gasteiger partial charge in [0.25, 0.3) is 4.87 Å². The van der Waals surface area contributed by atoms with Gasteiger partial charge in [-0.15, -0.1) is 0 Å². The number of rotatable bonds is 1. The zero-order valence-electron chi connectivity index (χ0n) is 9.38. The molecule has 0 amide bonds. The maximum Gasteiger partial charge on any atom is 0.279 e. The van der Waals surface area contributed by atoms with Crippen LogP contribution < -0.4 is 4.87 Å².